The summed E-state index contributed by atoms with van der Waals surface area (Å²) in [6.07, 6.45) is 9.28. The highest BCUT2D eigenvalue weighted by atomic mass is 16.5. The summed E-state index contributed by atoms with van der Waals surface area (Å²) >= 11 is 0. The molecule has 146 valence electrons. The monoisotopic (exact) mass is 357 g/mol. The van der Waals surface area contributed by atoms with E-state index in [1.54, 1.807) is 0 Å². The lowest BCUT2D eigenvalue weighted by molar-refractivity contribution is -0.111. The fraction of sp³-hybridized carbons (Fsp3) is 0.750. The lowest BCUT2D eigenvalue weighted by Crippen LogP contribution is -2.52. The number of likely N-dealkylation sites (N-methyl/N-ethyl adjacent to an activating group) is 1. The van der Waals surface area contributed by atoms with Crippen LogP contribution in [-0.2, 0) is 11.2 Å². The number of nitrogens with zero attached hydrogens (tertiary/aromatic N) is 1. The molecule has 0 aliphatic heterocycles. The maximum atomic E-state index is 5.96. The highest BCUT2D eigenvalue weighted by Crippen LogP contribution is 2.61. The van der Waals surface area contributed by atoms with Crippen LogP contribution in [0.3, 0.4) is 0 Å². The summed E-state index contributed by atoms with van der Waals surface area (Å²) in [4.78, 5) is 2.45. The summed E-state index contributed by atoms with van der Waals surface area (Å²) < 4.78 is 5.96. The molecule has 0 spiro atoms. The van der Waals surface area contributed by atoms with Crippen LogP contribution in [0, 0.1) is 23.2 Å². The van der Waals surface area contributed by atoms with Gasteiger partial charge in [0.1, 0.15) is 0 Å². The van der Waals surface area contributed by atoms with Crippen molar-refractivity contribution < 1.29 is 4.74 Å². The molecule has 3 aliphatic rings. The molecule has 0 heterocycles. The molecule has 2 nitrogen and oxygen atoms in total. The van der Waals surface area contributed by atoms with Gasteiger partial charge in [-0.1, -0.05) is 44.2 Å². The standard InChI is InChI=1S/C24H39NO/c1-24(2)22-12-11-21(23(24)19-22)14-18-26-17-8-7-15-25(3)16-13-20-9-5-4-6-10-20/h4-6,9-10,21-23H,7-8,11-19H2,1-3H3/t21-,22-,23-/m0/s1. The fourth-order valence-electron chi connectivity index (χ4n) is 5.31. The summed E-state index contributed by atoms with van der Waals surface area (Å²) in [5, 5.41) is 0. The number of hydrogen-bond acceptors (Lipinski definition) is 2. The van der Waals surface area contributed by atoms with Gasteiger partial charge in [0, 0.05) is 19.8 Å². The van der Waals surface area contributed by atoms with Crippen LogP contribution in [0.15, 0.2) is 30.3 Å². The quantitative estimate of drug-likeness (QED) is 0.490. The highest BCUT2D eigenvalue weighted by Gasteiger charge is 2.53. The molecule has 3 fully saturated rings. The van der Waals surface area contributed by atoms with Crippen LogP contribution >= 0.6 is 0 Å². The maximum absolute atomic E-state index is 5.96. The molecule has 0 amide bonds. The van der Waals surface area contributed by atoms with Crippen molar-refractivity contribution in [2.24, 2.45) is 23.2 Å². The Morgan fingerprint density at radius 1 is 1.04 bits per heavy atom. The number of hydrogen-bond donors (Lipinski definition) is 0. The van der Waals surface area contributed by atoms with Crippen LogP contribution in [0.1, 0.15) is 57.9 Å². The SMILES string of the molecule is CN(CCCCOCC[C@@H]1CC[C@H]2C[C@@H]1C2(C)C)CCc1ccccc1. The molecule has 1 aromatic rings. The first-order valence-electron chi connectivity index (χ1n) is 10.9. The van der Waals surface area contributed by atoms with Crippen molar-refractivity contribution in [1.29, 1.82) is 0 Å². The van der Waals surface area contributed by atoms with E-state index < -0.39 is 0 Å². The Morgan fingerprint density at radius 3 is 2.58 bits per heavy atom. The summed E-state index contributed by atoms with van der Waals surface area (Å²) in [6, 6.07) is 10.8. The van der Waals surface area contributed by atoms with Gasteiger partial charge in [-0.25, -0.2) is 0 Å². The van der Waals surface area contributed by atoms with Gasteiger partial charge in [0.25, 0.3) is 0 Å². The molecule has 1 aromatic carbocycles. The topological polar surface area (TPSA) is 12.5 Å². The van der Waals surface area contributed by atoms with Gasteiger partial charge < -0.3 is 9.64 Å². The average Bonchev–Trinajstić information content (AvgIpc) is 2.66. The molecular weight excluding hydrogens is 318 g/mol. The van der Waals surface area contributed by atoms with E-state index in [1.807, 2.05) is 0 Å². The molecular formula is C24H39NO. The minimum atomic E-state index is 0.618. The molecule has 0 radical (unpaired) electrons. The largest absolute Gasteiger partial charge is 0.381 e. The van der Waals surface area contributed by atoms with Crippen molar-refractivity contribution in [2.45, 2.75) is 58.8 Å². The van der Waals surface area contributed by atoms with E-state index in [-0.39, 0.29) is 0 Å². The zero-order valence-electron chi connectivity index (χ0n) is 17.3. The summed E-state index contributed by atoms with van der Waals surface area (Å²) in [6.45, 7) is 9.23. The molecule has 0 N–H and O–H groups in total. The fourth-order valence-corrected chi connectivity index (χ4v) is 5.31. The Labute approximate surface area is 161 Å². The smallest absolute Gasteiger partial charge is 0.0468 e. The van der Waals surface area contributed by atoms with Crippen LogP contribution in [0.4, 0.5) is 0 Å². The number of ether oxygens (including phenoxy) is 1. The van der Waals surface area contributed by atoms with E-state index in [1.165, 1.54) is 50.6 Å². The second-order valence-corrected chi connectivity index (χ2v) is 9.34. The van der Waals surface area contributed by atoms with Crippen molar-refractivity contribution in [2.75, 3.05) is 33.4 Å². The highest BCUT2D eigenvalue weighted by molar-refractivity contribution is 5.14. The van der Waals surface area contributed by atoms with E-state index in [0.717, 1.165) is 43.9 Å². The summed E-state index contributed by atoms with van der Waals surface area (Å²) in [5.74, 6) is 2.92. The third-order valence-corrected chi connectivity index (χ3v) is 7.34. The van der Waals surface area contributed by atoms with Gasteiger partial charge in [-0.3, -0.25) is 0 Å². The van der Waals surface area contributed by atoms with Crippen molar-refractivity contribution in [3.05, 3.63) is 35.9 Å². The number of fused-ring (bicyclic) bond motifs is 2. The van der Waals surface area contributed by atoms with Crippen molar-refractivity contribution in [3.8, 4) is 0 Å². The minimum Gasteiger partial charge on any atom is -0.381 e. The van der Waals surface area contributed by atoms with Crippen molar-refractivity contribution in [3.63, 3.8) is 0 Å². The first-order chi connectivity index (χ1) is 12.6. The first kappa shape index (κ1) is 19.9. The van der Waals surface area contributed by atoms with Crippen molar-refractivity contribution in [1.82, 2.24) is 4.90 Å². The molecule has 26 heavy (non-hydrogen) atoms. The maximum Gasteiger partial charge on any atom is 0.0468 e. The summed E-state index contributed by atoms with van der Waals surface area (Å²) in [5.41, 5.74) is 2.05. The van der Waals surface area contributed by atoms with Gasteiger partial charge in [0.05, 0.1) is 0 Å². The molecule has 3 aliphatic carbocycles. The molecule has 0 unspecified atom stereocenters. The lowest BCUT2D eigenvalue weighted by atomic mass is 9.45. The van der Waals surface area contributed by atoms with Gasteiger partial charge in [0.15, 0.2) is 0 Å². The van der Waals surface area contributed by atoms with Gasteiger partial charge in [-0.15, -0.1) is 0 Å². The van der Waals surface area contributed by atoms with Gasteiger partial charge in [-0.05, 0) is 87.3 Å². The second kappa shape index (κ2) is 9.37. The van der Waals surface area contributed by atoms with E-state index in [2.05, 4.69) is 56.1 Å². The van der Waals surface area contributed by atoms with Gasteiger partial charge >= 0.3 is 0 Å². The van der Waals surface area contributed by atoms with E-state index in [9.17, 15) is 0 Å². The van der Waals surface area contributed by atoms with Crippen LogP contribution in [0.25, 0.3) is 0 Å². The normalized spacial score (nSPS) is 26.7. The third-order valence-electron chi connectivity index (χ3n) is 7.34. The Bertz CT molecular complexity index is 524. The molecule has 2 heteroatoms. The Morgan fingerprint density at radius 2 is 1.85 bits per heavy atom. The zero-order valence-corrected chi connectivity index (χ0v) is 17.3. The molecule has 4 rings (SSSR count). The van der Waals surface area contributed by atoms with Crippen LogP contribution in [-0.4, -0.2) is 38.3 Å². The van der Waals surface area contributed by atoms with Crippen LogP contribution < -0.4 is 0 Å². The average molecular weight is 358 g/mol. The zero-order chi connectivity index (χ0) is 18.4. The second-order valence-electron chi connectivity index (χ2n) is 9.34. The lowest BCUT2D eigenvalue weighted by Gasteiger charge is -2.60. The van der Waals surface area contributed by atoms with Gasteiger partial charge in [-0.2, -0.15) is 0 Å². The van der Waals surface area contributed by atoms with E-state index in [4.69, 9.17) is 4.74 Å². The minimum absolute atomic E-state index is 0.618. The molecule has 2 bridgehead atoms. The van der Waals surface area contributed by atoms with E-state index in [0.29, 0.717) is 5.41 Å². The predicted molar refractivity (Wildman–Crippen MR) is 110 cm³/mol. The number of unbranched alkanes of at least 4 members (excludes halogenated alkanes) is 1. The third kappa shape index (κ3) is 5.10. The predicted octanol–water partition coefficient (Wildman–Crippen LogP) is 5.42. The Balaban J connectivity index is 1.18. The number of benzene rings is 1. The molecule has 3 atom stereocenters. The Kier molecular flexibility index (Phi) is 7.17. The van der Waals surface area contributed by atoms with Crippen LogP contribution in [0.2, 0.25) is 0 Å². The molecule has 3 saturated carbocycles. The van der Waals surface area contributed by atoms with Gasteiger partial charge in [0.2, 0.25) is 0 Å². The molecule has 0 aromatic heterocycles. The summed E-state index contributed by atoms with van der Waals surface area (Å²) in [7, 11) is 2.24. The van der Waals surface area contributed by atoms with E-state index >= 15 is 0 Å². The Hall–Kier alpha value is -0.860. The first-order valence-corrected chi connectivity index (χ1v) is 10.9. The van der Waals surface area contributed by atoms with Crippen LogP contribution in [0.5, 0.6) is 0 Å². The number of rotatable bonds is 11. The van der Waals surface area contributed by atoms with Crippen molar-refractivity contribution >= 4 is 0 Å². The molecule has 0 saturated heterocycles.